The fourth-order valence-corrected chi connectivity index (χ4v) is 17.9. The lowest BCUT2D eigenvalue weighted by molar-refractivity contribution is 0.295. The summed E-state index contributed by atoms with van der Waals surface area (Å²) < 4.78 is 7.70. The van der Waals surface area contributed by atoms with E-state index in [1.165, 1.54) is 177 Å². The average Bonchev–Trinajstić information content (AvgIpc) is 2.54. The number of unbranched alkanes of at least 4 members (excludes halogenated alkanes) is 5. The monoisotopic (exact) mass is 1030 g/mol. The first kappa shape index (κ1) is 45.9. The van der Waals surface area contributed by atoms with Gasteiger partial charge < -0.3 is 4.74 Å². The highest BCUT2D eigenvalue weighted by Crippen LogP contribution is 2.68. The molecule has 81 heavy (non-hydrogen) atoms. The van der Waals surface area contributed by atoms with Crippen molar-refractivity contribution in [3.8, 4) is 29.9 Å². The van der Waals surface area contributed by atoms with Crippen LogP contribution in [0.3, 0.4) is 0 Å². The summed E-state index contributed by atoms with van der Waals surface area (Å²) in [6.07, 6.45) is 14.4. The van der Waals surface area contributed by atoms with Crippen molar-refractivity contribution < 1.29 is 4.74 Å². The Balaban J connectivity index is 0.981. The highest BCUT2D eigenvalue weighted by molar-refractivity contribution is 5.86. The molecule has 0 saturated heterocycles. The zero-order valence-electron chi connectivity index (χ0n) is 45.5. The Hall–Kier alpha value is -8.88. The highest BCUT2D eigenvalue weighted by Gasteiger charge is 2.53. The molecular formula is C80H58O. The fraction of sp³-hybridized carbons (Fsp3) is 0.200. The second-order valence-electron chi connectivity index (χ2n) is 24.3. The molecule has 1 heteroatoms. The minimum atomic E-state index is -0.0323. The maximum atomic E-state index is 7.70. The predicted molar refractivity (Wildman–Crippen MR) is 325 cm³/mol. The van der Waals surface area contributed by atoms with Crippen molar-refractivity contribution in [2.24, 2.45) is 0 Å². The van der Waals surface area contributed by atoms with Crippen molar-refractivity contribution >= 4 is 0 Å². The van der Waals surface area contributed by atoms with Gasteiger partial charge in [-0.15, -0.1) is 6.42 Å². The highest BCUT2D eigenvalue weighted by atomic mass is 16.5. The normalized spacial score (nSPS) is 21.4. The first-order valence-electron chi connectivity index (χ1n) is 30.0. The predicted octanol–water partition coefficient (Wildman–Crippen LogP) is 17.8. The first-order valence-corrected chi connectivity index (χ1v) is 30.0. The van der Waals surface area contributed by atoms with Crippen molar-refractivity contribution in [2.45, 2.75) is 92.8 Å². The molecule has 0 spiro atoms. The van der Waals surface area contributed by atoms with Crippen molar-refractivity contribution in [1.82, 2.24) is 0 Å². The second-order valence-corrected chi connectivity index (χ2v) is 24.3. The first-order chi connectivity index (χ1) is 40.2. The molecule has 12 aliphatic rings. The van der Waals surface area contributed by atoms with Gasteiger partial charge in [0.15, 0.2) is 0 Å². The molecule has 10 aromatic carbocycles. The van der Waals surface area contributed by atoms with Gasteiger partial charge in [-0.25, -0.2) is 0 Å². The Morgan fingerprint density at radius 1 is 0.284 bits per heavy atom. The zero-order valence-corrected chi connectivity index (χ0v) is 45.5. The molecule has 0 aromatic heterocycles. The van der Waals surface area contributed by atoms with Gasteiger partial charge in [-0.1, -0.05) is 251 Å². The van der Waals surface area contributed by atoms with Gasteiger partial charge in [-0.05, 0) is 129 Å². The maximum Gasteiger partial charge on any atom is 0.128 e. The molecule has 12 aliphatic carbocycles. The summed E-state index contributed by atoms with van der Waals surface area (Å²) in [5.74, 6) is 13.3. The van der Waals surface area contributed by atoms with E-state index in [9.17, 15) is 0 Å². The summed E-state index contributed by atoms with van der Waals surface area (Å²) in [6, 6.07) is 74.3. The largest absolute Gasteiger partial charge is 0.493 e. The third-order valence-electron chi connectivity index (χ3n) is 20.7. The van der Waals surface area contributed by atoms with Gasteiger partial charge in [0, 0.05) is 75.2 Å². The van der Waals surface area contributed by atoms with Gasteiger partial charge >= 0.3 is 0 Å². The van der Waals surface area contributed by atoms with Gasteiger partial charge in [0.1, 0.15) is 5.75 Å². The summed E-state index contributed by atoms with van der Waals surface area (Å²) in [6.45, 7) is 2.99. The number of terminal acetylenes is 1. The smallest absolute Gasteiger partial charge is 0.128 e. The summed E-state index contributed by atoms with van der Waals surface area (Å²) in [4.78, 5) is 0. The van der Waals surface area contributed by atoms with Crippen molar-refractivity contribution in [3.05, 3.63) is 344 Å². The number of hydrogen-bond donors (Lipinski definition) is 0. The Morgan fingerprint density at radius 2 is 0.494 bits per heavy atom. The van der Waals surface area contributed by atoms with Crippen LogP contribution >= 0.6 is 0 Å². The average molecular weight is 1040 g/mol. The fourth-order valence-electron chi connectivity index (χ4n) is 17.9. The molecule has 0 heterocycles. The van der Waals surface area contributed by atoms with E-state index < -0.39 is 0 Å². The van der Waals surface area contributed by atoms with E-state index in [1.807, 2.05) is 0 Å². The van der Waals surface area contributed by atoms with Crippen LogP contribution < -0.4 is 4.74 Å². The lowest BCUT2D eigenvalue weighted by atomic mass is 9.53. The van der Waals surface area contributed by atoms with Crippen molar-refractivity contribution in [3.63, 3.8) is 0 Å². The minimum absolute atomic E-state index is 0.00310. The number of rotatable bonds is 8. The molecule has 0 unspecified atom stereocenters. The van der Waals surface area contributed by atoms with Gasteiger partial charge in [-0.2, -0.15) is 0 Å². The minimum Gasteiger partial charge on any atom is -0.493 e. The summed E-state index contributed by atoms with van der Waals surface area (Å²) >= 11 is 0. The molecule has 22 rings (SSSR count). The maximum absolute atomic E-state index is 7.70. The molecule has 0 atom stereocenters. The lowest BCUT2D eigenvalue weighted by Crippen LogP contribution is -2.35. The van der Waals surface area contributed by atoms with Crippen LogP contribution in [0, 0.1) is 24.2 Å². The molecule has 0 N–H and O–H groups in total. The Kier molecular flexibility index (Phi) is 9.82. The number of benzene rings is 10. The van der Waals surface area contributed by atoms with Crippen molar-refractivity contribution in [2.75, 3.05) is 6.61 Å². The van der Waals surface area contributed by atoms with Crippen LogP contribution in [0.1, 0.15) is 243 Å². The topological polar surface area (TPSA) is 9.23 Å². The zero-order chi connectivity index (χ0) is 53.2. The van der Waals surface area contributed by atoms with Crippen LogP contribution in [0.25, 0.3) is 0 Å². The van der Waals surface area contributed by atoms with Crippen LogP contribution in [0.5, 0.6) is 5.75 Å². The molecule has 0 saturated carbocycles. The SMILES string of the molecule is C#Cc1c2c(c(C#Cc3c4c(c(OCCCCCCCC)c5c3C3c6ccccc6C5c5ccccc53)C3c5ccccc5C4c4ccccc43)c3c1C1c4ccccc4C3c3ccccc31)C1c3ccccc3C2c2ccccc21. The molecule has 1 nitrogen and oxygen atoms in total. The number of hydrogen-bond acceptors (Lipinski definition) is 1. The summed E-state index contributed by atoms with van der Waals surface area (Å²) in [5, 5.41) is 0. The molecule has 0 fully saturated rings. The number of ether oxygens (including phenoxy) is 1. The third kappa shape index (κ3) is 5.94. The molecular weight excluding hydrogens is 977 g/mol. The van der Waals surface area contributed by atoms with Crippen LogP contribution in [-0.2, 0) is 0 Å². The van der Waals surface area contributed by atoms with E-state index in [1.54, 1.807) is 0 Å². The van der Waals surface area contributed by atoms with Gasteiger partial charge in [0.2, 0.25) is 0 Å². The Morgan fingerprint density at radius 3 is 0.741 bits per heavy atom. The lowest BCUT2D eigenvalue weighted by Gasteiger charge is -2.49. The van der Waals surface area contributed by atoms with E-state index >= 15 is 0 Å². The summed E-state index contributed by atoms with van der Waals surface area (Å²) in [7, 11) is 0. The molecule has 0 radical (unpaired) electrons. The summed E-state index contributed by atoms with van der Waals surface area (Å²) in [5.41, 5.74) is 36.1. The van der Waals surface area contributed by atoms with E-state index in [-0.39, 0.29) is 47.3 Å². The van der Waals surface area contributed by atoms with Crippen LogP contribution in [-0.4, -0.2) is 6.61 Å². The van der Waals surface area contributed by atoms with Crippen LogP contribution in [0.2, 0.25) is 0 Å². The molecule has 8 bridgehead atoms. The van der Waals surface area contributed by atoms with Crippen LogP contribution in [0.4, 0.5) is 0 Å². The van der Waals surface area contributed by atoms with Gasteiger partial charge in [0.25, 0.3) is 0 Å². The van der Waals surface area contributed by atoms with E-state index in [0.29, 0.717) is 6.61 Å². The standard InChI is InChI=1S/C80H58O/c1-3-5-6-7-8-25-44-81-80-78-70-58-38-21-17-34-54(58)68(55-35-18-22-39-59(55)70)76(78)63(77-69-56-36-19-23-40-60(56)71(79(77)80)61-41-24-20-37-57(61)69)43-42-62-74-66-50-30-13-9-26-46(50)64(47-27-10-14-31-51(47)66)72(74)45(4-2)73-65-48-28-11-15-32-52(48)67(75(62)73)53-33-16-12-29-49(53)65/h2,9-24,26-41,64-71H,3,5-8,25,44H2,1H3. The molecule has 0 amide bonds. The quantitative estimate of drug-likeness (QED) is 0.109. The van der Waals surface area contributed by atoms with E-state index in [0.717, 1.165) is 17.7 Å². The van der Waals surface area contributed by atoms with E-state index in [4.69, 9.17) is 11.2 Å². The Bertz CT molecular complexity index is 4080. The third-order valence-corrected chi connectivity index (χ3v) is 20.7. The molecule has 384 valence electrons. The van der Waals surface area contributed by atoms with Crippen molar-refractivity contribution in [1.29, 1.82) is 0 Å². The molecule has 10 aromatic rings. The Labute approximate surface area is 475 Å². The van der Waals surface area contributed by atoms with E-state index in [2.05, 4.69) is 219 Å². The molecule has 0 aliphatic heterocycles. The van der Waals surface area contributed by atoms with Gasteiger partial charge in [0.05, 0.1) is 6.61 Å². The van der Waals surface area contributed by atoms with Gasteiger partial charge in [-0.3, -0.25) is 0 Å². The van der Waals surface area contributed by atoms with Crippen LogP contribution in [0.15, 0.2) is 194 Å². The second kappa shape index (κ2) is 17.3.